The lowest BCUT2D eigenvalue weighted by Crippen LogP contribution is -2.30. The molecule has 0 fully saturated rings. The number of carbonyl (C=O) groups excluding carboxylic acids is 2. The van der Waals surface area contributed by atoms with Crippen LogP contribution in [-0.2, 0) is 4.79 Å². The predicted octanol–water partition coefficient (Wildman–Crippen LogP) is 3.88. The van der Waals surface area contributed by atoms with Gasteiger partial charge in [0.15, 0.2) is 0 Å². The minimum atomic E-state index is -0.307. The van der Waals surface area contributed by atoms with Crippen LogP contribution in [0.2, 0.25) is 0 Å². The molecule has 0 unspecified atom stereocenters. The van der Waals surface area contributed by atoms with Gasteiger partial charge in [-0.1, -0.05) is 30.3 Å². The number of benzene rings is 2. The largest absolute Gasteiger partial charge is 0.496 e. The third-order valence-electron chi connectivity index (χ3n) is 3.73. The summed E-state index contributed by atoms with van der Waals surface area (Å²) < 4.78 is 5.33. The monoisotopic (exact) mass is 352 g/mol. The van der Waals surface area contributed by atoms with Crippen LogP contribution in [0.5, 0.6) is 5.75 Å². The first kappa shape index (κ1) is 19.2. The molecule has 0 aliphatic carbocycles. The number of hydrogen-bond donors (Lipinski definition) is 2. The molecule has 2 aromatic carbocycles. The van der Waals surface area contributed by atoms with Crippen LogP contribution < -0.4 is 15.4 Å². The van der Waals surface area contributed by atoms with Crippen LogP contribution in [0.1, 0.15) is 36.7 Å². The lowest BCUT2D eigenvalue weighted by molar-refractivity contribution is -0.111. The summed E-state index contributed by atoms with van der Waals surface area (Å²) in [6.07, 6.45) is 1.50. The summed E-state index contributed by atoms with van der Waals surface area (Å²) in [4.78, 5) is 24.7. The minimum absolute atomic E-state index is 0.0129. The van der Waals surface area contributed by atoms with Crippen molar-refractivity contribution in [3.05, 3.63) is 65.7 Å². The fourth-order valence-electron chi connectivity index (χ4n) is 2.54. The van der Waals surface area contributed by atoms with Gasteiger partial charge in [0.25, 0.3) is 5.91 Å². The van der Waals surface area contributed by atoms with Crippen LogP contribution in [0.25, 0.3) is 5.57 Å². The number of allylic oxidation sites excluding steroid dienone is 1. The van der Waals surface area contributed by atoms with Crippen molar-refractivity contribution in [1.82, 2.24) is 5.32 Å². The summed E-state index contributed by atoms with van der Waals surface area (Å²) in [6.45, 7) is 5.62. The zero-order valence-electron chi connectivity index (χ0n) is 15.5. The number of para-hydroxylation sites is 2. The highest BCUT2D eigenvalue weighted by Crippen LogP contribution is 2.25. The van der Waals surface area contributed by atoms with Gasteiger partial charge in [-0.3, -0.25) is 9.59 Å². The Hall–Kier alpha value is -3.08. The van der Waals surface area contributed by atoms with Gasteiger partial charge in [-0.05, 0) is 44.5 Å². The summed E-state index contributed by atoms with van der Waals surface area (Å²) in [5.41, 5.74) is 2.51. The van der Waals surface area contributed by atoms with E-state index in [2.05, 4.69) is 10.6 Å². The van der Waals surface area contributed by atoms with E-state index in [1.165, 1.54) is 6.08 Å². The lowest BCUT2D eigenvalue weighted by Gasteiger charge is -2.13. The molecule has 2 amide bonds. The van der Waals surface area contributed by atoms with E-state index in [4.69, 9.17) is 4.74 Å². The van der Waals surface area contributed by atoms with E-state index in [9.17, 15) is 9.59 Å². The van der Waals surface area contributed by atoms with Crippen molar-refractivity contribution in [2.75, 3.05) is 12.4 Å². The van der Waals surface area contributed by atoms with Gasteiger partial charge in [-0.15, -0.1) is 0 Å². The molecule has 0 heterocycles. The second-order valence-corrected chi connectivity index (χ2v) is 6.19. The van der Waals surface area contributed by atoms with Crippen LogP contribution in [0.15, 0.2) is 54.6 Å². The normalized spacial score (nSPS) is 11.2. The van der Waals surface area contributed by atoms with Crippen molar-refractivity contribution in [2.45, 2.75) is 26.8 Å². The van der Waals surface area contributed by atoms with Crippen molar-refractivity contribution in [1.29, 1.82) is 0 Å². The van der Waals surface area contributed by atoms with Gasteiger partial charge in [0.2, 0.25) is 5.91 Å². The molecular weight excluding hydrogens is 328 g/mol. The summed E-state index contributed by atoms with van der Waals surface area (Å²) >= 11 is 0. The van der Waals surface area contributed by atoms with Gasteiger partial charge >= 0.3 is 0 Å². The number of hydrogen-bond acceptors (Lipinski definition) is 3. The van der Waals surface area contributed by atoms with E-state index in [0.29, 0.717) is 17.0 Å². The van der Waals surface area contributed by atoms with Gasteiger partial charge in [0.1, 0.15) is 5.75 Å². The number of methoxy groups -OCH3 is 1. The highest BCUT2D eigenvalue weighted by Gasteiger charge is 2.13. The summed E-state index contributed by atoms with van der Waals surface area (Å²) in [7, 11) is 1.59. The number of rotatable bonds is 6. The van der Waals surface area contributed by atoms with Gasteiger partial charge in [-0.25, -0.2) is 0 Å². The zero-order chi connectivity index (χ0) is 19.1. The fraction of sp³-hybridized carbons (Fsp3) is 0.238. The lowest BCUT2D eigenvalue weighted by atomic mass is 10.1. The summed E-state index contributed by atoms with van der Waals surface area (Å²) in [5.74, 6) is 0.172. The van der Waals surface area contributed by atoms with Gasteiger partial charge < -0.3 is 15.4 Å². The topological polar surface area (TPSA) is 67.4 Å². The van der Waals surface area contributed by atoms with Crippen LogP contribution in [0, 0.1) is 0 Å². The van der Waals surface area contributed by atoms with E-state index in [1.807, 2.05) is 45.0 Å². The van der Waals surface area contributed by atoms with Crippen LogP contribution in [-0.4, -0.2) is 25.0 Å². The smallest absolute Gasteiger partial charge is 0.253 e. The van der Waals surface area contributed by atoms with E-state index in [0.717, 1.165) is 11.1 Å². The highest BCUT2D eigenvalue weighted by atomic mass is 16.5. The predicted molar refractivity (Wildman–Crippen MR) is 104 cm³/mol. The number of ether oxygens (including phenoxy) is 1. The molecule has 0 radical (unpaired) electrons. The first-order valence-corrected chi connectivity index (χ1v) is 8.45. The molecule has 0 saturated carbocycles. The first-order valence-electron chi connectivity index (χ1n) is 8.45. The van der Waals surface area contributed by atoms with E-state index in [1.54, 1.807) is 31.4 Å². The molecule has 0 aliphatic heterocycles. The van der Waals surface area contributed by atoms with Gasteiger partial charge in [0, 0.05) is 17.7 Å². The Morgan fingerprint density at radius 2 is 1.62 bits per heavy atom. The molecule has 2 rings (SSSR count). The Balaban J connectivity index is 2.21. The quantitative estimate of drug-likeness (QED) is 0.776. The second-order valence-electron chi connectivity index (χ2n) is 6.19. The molecule has 0 aliphatic rings. The molecule has 0 bridgehead atoms. The minimum Gasteiger partial charge on any atom is -0.496 e. The molecule has 0 saturated heterocycles. The van der Waals surface area contributed by atoms with E-state index in [-0.39, 0.29) is 17.9 Å². The molecule has 2 N–H and O–H groups in total. The molecule has 5 heteroatoms. The summed E-state index contributed by atoms with van der Waals surface area (Å²) in [5, 5.41) is 5.62. The number of amides is 2. The maximum absolute atomic E-state index is 12.4. The fourth-order valence-corrected chi connectivity index (χ4v) is 2.54. The van der Waals surface area contributed by atoms with Gasteiger partial charge in [0.05, 0.1) is 18.4 Å². The Bertz CT molecular complexity index is 826. The molecule has 5 nitrogen and oxygen atoms in total. The van der Waals surface area contributed by atoms with E-state index >= 15 is 0 Å². The van der Waals surface area contributed by atoms with E-state index < -0.39 is 0 Å². The second kappa shape index (κ2) is 8.85. The Morgan fingerprint density at radius 1 is 1.00 bits per heavy atom. The van der Waals surface area contributed by atoms with Crippen LogP contribution in [0.3, 0.4) is 0 Å². The Kier molecular flexibility index (Phi) is 6.55. The van der Waals surface area contributed by atoms with Crippen molar-refractivity contribution in [3.8, 4) is 5.75 Å². The van der Waals surface area contributed by atoms with Crippen molar-refractivity contribution >= 4 is 23.1 Å². The molecule has 0 atom stereocenters. The molecule has 26 heavy (non-hydrogen) atoms. The molecule has 0 spiro atoms. The number of nitrogens with one attached hydrogen (secondary N) is 2. The van der Waals surface area contributed by atoms with Crippen molar-refractivity contribution < 1.29 is 14.3 Å². The number of carbonyl (C=O) groups is 2. The summed E-state index contributed by atoms with van der Waals surface area (Å²) in [6, 6.07) is 14.4. The van der Waals surface area contributed by atoms with Crippen molar-refractivity contribution in [3.63, 3.8) is 0 Å². The third-order valence-corrected chi connectivity index (χ3v) is 3.73. The standard InChI is InChI=1S/C21H24N2O3/c1-14(2)22-21(25)17-10-5-7-11-18(17)23-20(24)13-15(3)16-9-6-8-12-19(16)26-4/h5-14H,1-4H3,(H,22,25)(H,23,24). The Labute approximate surface area is 154 Å². The average Bonchev–Trinajstić information content (AvgIpc) is 2.61. The van der Waals surface area contributed by atoms with Crippen LogP contribution in [0.4, 0.5) is 5.69 Å². The SMILES string of the molecule is COc1ccccc1C(C)=CC(=O)Nc1ccccc1C(=O)NC(C)C. The average molecular weight is 352 g/mol. The first-order chi connectivity index (χ1) is 12.4. The Morgan fingerprint density at radius 3 is 2.27 bits per heavy atom. The third kappa shape index (κ3) is 4.96. The zero-order valence-corrected chi connectivity index (χ0v) is 15.5. The van der Waals surface area contributed by atoms with Crippen LogP contribution >= 0.6 is 0 Å². The highest BCUT2D eigenvalue weighted by molar-refractivity contribution is 6.08. The van der Waals surface area contributed by atoms with Gasteiger partial charge in [-0.2, -0.15) is 0 Å². The molecule has 2 aromatic rings. The maximum Gasteiger partial charge on any atom is 0.253 e. The van der Waals surface area contributed by atoms with Crippen molar-refractivity contribution in [2.24, 2.45) is 0 Å². The molecular formula is C21H24N2O3. The molecule has 136 valence electrons. The maximum atomic E-state index is 12.4. The number of anilines is 1. The molecule has 0 aromatic heterocycles.